The Morgan fingerprint density at radius 1 is 1.24 bits per heavy atom. The molecule has 0 spiro atoms. The van der Waals surface area contributed by atoms with Crippen molar-refractivity contribution in [3.63, 3.8) is 0 Å². The molecule has 1 fully saturated rings. The average molecular weight is 466 g/mol. The molecule has 4 rings (SSSR count). The molecule has 0 bridgehead atoms. The van der Waals surface area contributed by atoms with Gasteiger partial charge in [0, 0.05) is 13.0 Å². The van der Waals surface area contributed by atoms with Crippen LogP contribution in [0, 0.1) is 5.82 Å². The zero-order valence-corrected chi connectivity index (χ0v) is 18.4. The predicted octanol–water partition coefficient (Wildman–Crippen LogP) is 3.05. The summed E-state index contributed by atoms with van der Waals surface area (Å²) in [4.78, 5) is 37.8. The van der Waals surface area contributed by atoms with Crippen LogP contribution in [0.3, 0.4) is 0 Å². The van der Waals surface area contributed by atoms with Crippen molar-refractivity contribution in [1.82, 2.24) is 14.7 Å². The fraction of sp³-hybridized carbons (Fsp3) is 0.250. The van der Waals surface area contributed by atoms with Gasteiger partial charge in [-0.25, -0.2) is 13.9 Å². The number of carbonyl (C=O) groups is 3. The zero-order valence-electron chi connectivity index (χ0n) is 18.4. The third kappa shape index (κ3) is 4.34. The zero-order chi connectivity index (χ0) is 24.4. The number of halogens is 1. The number of likely N-dealkylation sites (tertiary alicyclic amines) is 1. The van der Waals surface area contributed by atoms with E-state index in [1.807, 2.05) is 0 Å². The summed E-state index contributed by atoms with van der Waals surface area (Å²) in [5.74, 6) is -2.17. The van der Waals surface area contributed by atoms with Crippen LogP contribution in [0.1, 0.15) is 47.0 Å². The van der Waals surface area contributed by atoms with Crippen molar-refractivity contribution in [2.75, 3.05) is 13.7 Å². The Balaban J connectivity index is 1.93. The van der Waals surface area contributed by atoms with Crippen LogP contribution in [0.2, 0.25) is 0 Å². The van der Waals surface area contributed by atoms with Gasteiger partial charge in [0.2, 0.25) is 11.8 Å². The summed E-state index contributed by atoms with van der Waals surface area (Å²) in [6.07, 6.45) is 3.42. The van der Waals surface area contributed by atoms with Crippen LogP contribution in [0.25, 0.3) is 23.1 Å². The number of carbonyl (C=O) groups excluding carboxylic acids is 2. The summed E-state index contributed by atoms with van der Waals surface area (Å²) in [7, 11) is 1.36. The second kappa shape index (κ2) is 9.34. The summed E-state index contributed by atoms with van der Waals surface area (Å²) in [5.41, 5.74) is 6.97. The van der Waals surface area contributed by atoms with Gasteiger partial charge >= 0.3 is 5.97 Å². The van der Waals surface area contributed by atoms with E-state index < -0.39 is 18.0 Å². The number of ether oxygens (including phenoxy) is 1. The quantitative estimate of drug-likeness (QED) is 0.525. The maximum absolute atomic E-state index is 13.3. The Morgan fingerprint density at radius 2 is 1.97 bits per heavy atom. The minimum absolute atomic E-state index is 0.0605. The summed E-state index contributed by atoms with van der Waals surface area (Å²) in [5, 5.41) is 14.7. The van der Waals surface area contributed by atoms with Crippen LogP contribution in [-0.4, -0.2) is 51.2 Å². The molecule has 2 amide bonds. The first-order chi connectivity index (χ1) is 16.3. The molecule has 9 nitrogen and oxygen atoms in total. The smallest absolute Gasteiger partial charge is 0.339 e. The number of aromatic carboxylic acids is 1. The van der Waals surface area contributed by atoms with Crippen molar-refractivity contribution in [3.05, 3.63) is 59.0 Å². The largest absolute Gasteiger partial charge is 0.495 e. The second-order valence-electron chi connectivity index (χ2n) is 7.90. The van der Waals surface area contributed by atoms with E-state index in [1.165, 1.54) is 30.0 Å². The first-order valence-electron chi connectivity index (χ1n) is 10.6. The Kier molecular flexibility index (Phi) is 6.31. The summed E-state index contributed by atoms with van der Waals surface area (Å²) in [6.45, 7) is 0.448. The lowest BCUT2D eigenvalue weighted by molar-refractivity contribution is -0.133. The lowest BCUT2D eigenvalue weighted by atomic mass is 10.1. The summed E-state index contributed by atoms with van der Waals surface area (Å²) >= 11 is 0. The Hall–Kier alpha value is -4.21. The van der Waals surface area contributed by atoms with Gasteiger partial charge in [0.15, 0.2) is 0 Å². The van der Waals surface area contributed by atoms with Gasteiger partial charge in [-0.05, 0) is 42.3 Å². The van der Waals surface area contributed by atoms with Gasteiger partial charge in [0.25, 0.3) is 0 Å². The first kappa shape index (κ1) is 23.0. The van der Waals surface area contributed by atoms with Crippen molar-refractivity contribution >= 4 is 40.8 Å². The van der Waals surface area contributed by atoms with E-state index in [1.54, 1.807) is 35.3 Å². The number of fused-ring (bicyclic) bond motifs is 1. The predicted molar refractivity (Wildman–Crippen MR) is 122 cm³/mol. The van der Waals surface area contributed by atoms with E-state index in [0.717, 1.165) is 0 Å². The van der Waals surface area contributed by atoms with Crippen molar-refractivity contribution in [3.8, 4) is 5.75 Å². The monoisotopic (exact) mass is 466 g/mol. The number of rotatable bonds is 8. The molecule has 176 valence electrons. The van der Waals surface area contributed by atoms with Gasteiger partial charge < -0.3 is 20.5 Å². The highest BCUT2D eigenvalue weighted by atomic mass is 19.1. The molecule has 0 saturated carbocycles. The number of primary amides is 1. The molecule has 1 atom stereocenters. The highest BCUT2D eigenvalue weighted by Gasteiger charge is 2.33. The number of hydrogen-bond acceptors (Lipinski definition) is 5. The molecule has 1 aliphatic heterocycles. The number of nitrogens with two attached hydrogens (primary N) is 1. The SMILES string of the molecule is COc1c(C(=O)O)ccc2c1c(C=Cc1ccc(F)cc1)nn2C(CC(N)=O)N1CCCC1=O. The Morgan fingerprint density at radius 3 is 2.56 bits per heavy atom. The van der Waals surface area contributed by atoms with E-state index >= 15 is 0 Å². The first-order valence-corrected chi connectivity index (χ1v) is 10.6. The molecular weight excluding hydrogens is 443 g/mol. The standard InChI is InChI=1S/C24H23FN4O5/c1-34-23-16(24(32)33)9-11-18-22(23)17(10-6-14-4-7-15(25)8-5-14)27-29(18)20(13-19(26)30)28-12-2-3-21(28)31/h4-11,20H,2-3,12-13H2,1H3,(H2,26,30)(H,32,33). The molecule has 1 unspecified atom stereocenters. The molecule has 0 radical (unpaired) electrons. The number of amides is 2. The number of carboxylic acids is 1. The van der Waals surface area contributed by atoms with Crippen molar-refractivity contribution in [2.24, 2.45) is 5.73 Å². The van der Waals surface area contributed by atoms with Gasteiger partial charge in [0.1, 0.15) is 23.3 Å². The fourth-order valence-corrected chi connectivity index (χ4v) is 4.20. The molecule has 2 aromatic carbocycles. The lowest BCUT2D eigenvalue weighted by Crippen LogP contribution is -2.37. The molecule has 10 heteroatoms. The minimum Gasteiger partial charge on any atom is -0.495 e. The number of nitrogens with zero attached hydrogens (tertiary/aromatic N) is 3. The van der Waals surface area contributed by atoms with Crippen molar-refractivity contribution < 1.29 is 28.6 Å². The second-order valence-corrected chi connectivity index (χ2v) is 7.90. The number of carboxylic acid groups (broad SMARTS) is 1. The molecule has 3 N–H and O–H groups in total. The van der Waals surface area contributed by atoms with Crippen LogP contribution in [-0.2, 0) is 9.59 Å². The third-order valence-corrected chi connectivity index (χ3v) is 5.73. The molecule has 34 heavy (non-hydrogen) atoms. The minimum atomic E-state index is -1.18. The Bertz CT molecular complexity index is 1300. The van der Waals surface area contributed by atoms with Gasteiger partial charge in [-0.2, -0.15) is 5.10 Å². The number of aromatic nitrogens is 2. The van der Waals surface area contributed by atoms with Crippen LogP contribution in [0.15, 0.2) is 36.4 Å². The molecule has 1 aromatic heterocycles. The highest BCUT2D eigenvalue weighted by Crippen LogP contribution is 2.36. The number of benzene rings is 2. The fourth-order valence-electron chi connectivity index (χ4n) is 4.20. The topological polar surface area (TPSA) is 128 Å². The number of hydrogen-bond donors (Lipinski definition) is 2. The van der Waals surface area contributed by atoms with Crippen LogP contribution in [0.4, 0.5) is 4.39 Å². The van der Waals surface area contributed by atoms with Gasteiger partial charge in [-0.15, -0.1) is 0 Å². The lowest BCUT2D eigenvalue weighted by Gasteiger charge is -2.27. The van der Waals surface area contributed by atoms with Gasteiger partial charge in [0.05, 0.1) is 30.1 Å². The molecule has 1 saturated heterocycles. The van der Waals surface area contributed by atoms with E-state index in [-0.39, 0.29) is 29.5 Å². The maximum Gasteiger partial charge on any atom is 0.339 e. The average Bonchev–Trinajstić information content (AvgIpc) is 3.39. The van der Waals surface area contributed by atoms with Crippen molar-refractivity contribution in [1.29, 1.82) is 0 Å². The molecule has 0 aliphatic carbocycles. The third-order valence-electron chi connectivity index (χ3n) is 5.73. The molecular formula is C24H23FN4O5. The molecule has 3 aromatic rings. The summed E-state index contributed by atoms with van der Waals surface area (Å²) in [6, 6.07) is 8.77. The molecule has 2 heterocycles. The van der Waals surface area contributed by atoms with Gasteiger partial charge in [-0.3, -0.25) is 9.59 Å². The summed E-state index contributed by atoms with van der Waals surface area (Å²) < 4.78 is 20.2. The van der Waals surface area contributed by atoms with E-state index in [0.29, 0.717) is 41.5 Å². The van der Waals surface area contributed by atoms with E-state index in [4.69, 9.17) is 10.5 Å². The van der Waals surface area contributed by atoms with E-state index in [2.05, 4.69) is 5.10 Å². The van der Waals surface area contributed by atoms with Crippen LogP contribution in [0.5, 0.6) is 5.75 Å². The Labute approximate surface area is 194 Å². The highest BCUT2D eigenvalue weighted by molar-refractivity contribution is 6.03. The molecule has 1 aliphatic rings. The maximum atomic E-state index is 13.3. The van der Waals surface area contributed by atoms with Crippen LogP contribution < -0.4 is 10.5 Å². The number of methoxy groups -OCH3 is 1. The van der Waals surface area contributed by atoms with Crippen molar-refractivity contribution in [2.45, 2.75) is 25.4 Å². The van der Waals surface area contributed by atoms with Crippen LogP contribution >= 0.6 is 0 Å². The van der Waals surface area contributed by atoms with E-state index in [9.17, 15) is 23.9 Å². The normalized spacial score (nSPS) is 14.8. The van der Waals surface area contributed by atoms with Gasteiger partial charge in [-0.1, -0.05) is 18.2 Å².